The zero-order valence-electron chi connectivity index (χ0n) is 15.4. The van der Waals surface area contributed by atoms with Gasteiger partial charge in [-0.2, -0.15) is 0 Å². The van der Waals surface area contributed by atoms with Crippen molar-refractivity contribution in [1.82, 2.24) is 19.5 Å². The Hall–Kier alpha value is -4.06. The van der Waals surface area contributed by atoms with E-state index in [1.165, 1.54) is 0 Å². The van der Waals surface area contributed by atoms with Crippen molar-refractivity contribution in [2.24, 2.45) is 0 Å². The van der Waals surface area contributed by atoms with Crippen molar-refractivity contribution in [2.45, 2.75) is 6.04 Å². The van der Waals surface area contributed by atoms with Crippen molar-refractivity contribution in [3.63, 3.8) is 0 Å². The molecule has 1 atom stereocenters. The van der Waals surface area contributed by atoms with Crippen LogP contribution >= 0.6 is 0 Å². The van der Waals surface area contributed by atoms with Crippen LogP contribution in [0.5, 0.6) is 0 Å². The van der Waals surface area contributed by atoms with E-state index < -0.39 is 6.04 Å². The molecular formula is C23H17N5O. The van der Waals surface area contributed by atoms with Crippen molar-refractivity contribution in [2.75, 3.05) is 5.32 Å². The molecule has 0 aliphatic rings. The van der Waals surface area contributed by atoms with Gasteiger partial charge in [0.2, 0.25) is 0 Å². The van der Waals surface area contributed by atoms with Crippen LogP contribution in [-0.4, -0.2) is 25.4 Å². The number of pyridine rings is 2. The number of imidazole rings is 1. The molecule has 6 nitrogen and oxygen atoms in total. The molecule has 1 amide bonds. The van der Waals surface area contributed by atoms with Gasteiger partial charge in [0.05, 0.1) is 11.8 Å². The molecular weight excluding hydrogens is 362 g/mol. The molecule has 29 heavy (non-hydrogen) atoms. The van der Waals surface area contributed by atoms with Crippen molar-refractivity contribution in [3.05, 3.63) is 97.1 Å². The molecule has 5 aromatic rings. The molecule has 0 saturated heterocycles. The Labute approximate surface area is 166 Å². The van der Waals surface area contributed by atoms with Gasteiger partial charge in [0.25, 0.3) is 5.91 Å². The second kappa shape index (κ2) is 7.16. The van der Waals surface area contributed by atoms with E-state index in [1.54, 1.807) is 18.7 Å². The lowest BCUT2D eigenvalue weighted by Crippen LogP contribution is -2.26. The van der Waals surface area contributed by atoms with Crippen LogP contribution in [0, 0.1) is 0 Å². The van der Waals surface area contributed by atoms with Gasteiger partial charge in [-0.3, -0.25) is 14.3 Å². The lowest BCUT2D eigenvalue weighted by atomic mass is 10.1. The predicted molar refractivity (Wildman–Crippen MR) is 112 cm³/mol. The van der Waals surface area contributed by atoms with E-state index in [9.17, 15) is 4.79 Å². The summed E-state index contributed by atoms with van der Waals surface area (Å²) in [5.41, 5.74) is 3.87. The summed E-state index contributed by atoms with van der Waals surface area (Å²) in [6, 6.07) is 22.3. The number of benzene rings is 2. The predicted octanol–water partition coefficient (Wildman–Crippen LogP) is 4.21. The number of amides is 1. The topological polar surface area (TPSA) is 72.7 Å². The average Bonchev–Trinajstić information content (AvgIpc) is 3.18. The Kier molecular flexibility index (Phi) is 4.22. The minimum Gasteiger partial charge on any atom is -0.324 e. The first-order valence-corrected chi connectivity index (χ1v) is 9.28. The third-order valence-corrected chi connectivity index (χ3v) is 4.84. The van der Waals surface area contributed by atoms with Crippen LogP contribution in [0.25, 0.3) is 22.1 Å². The molecule has 0 aliphatic heterocycles. The standard InChI is InChI=1S/C23H17N5O/c29-23(27-18-10-11-19-17(14-18)8-4-12-24-19)21(16-6-2-1-3-7-16)28-15-26-20-9-5-13-25-22(20)28/h1-15,21H,(H,27,29). The molecule has 3 aromatic heterocycles. The molecule has 1 unspecified atom stereocenters. The summed E-state index contributed by atoms with van der Waals surface area (Å²) in [5, 5.41) is 4.01. The van der Waals surface area contributed by atoms with Crippen LogP contribution in [0.4, 0.5) is 5.69 Å². The quantitative estimate of drug-likeness (QED) is 0.508. The normalized spacial score (nSPS) is 12.1. The lowest BCUT2D eigenvalue weighted by Gasteiger charge is -2.19. The fraction of sp³-hybridized carbons (Fsp3) is 0.0435. The molecule has 0 fully saturated rings. The molecule has 140 valence electrons. The summed E-state index contributed by atoms with van der Waals surface area (Å²) in [7, 11) is 0. The van der Waals surface area contributed by atoms with Gasteiger partial charge in [-0.05, 0) is 42.0 Å². The zero-order valence-corrected chi connectivity index (χ0v) is 15.4. The number of anilines is 1. The van der Waals surface area contributed by atoms with E-state index in [2.05, 4.69) is 20.3 Å². The van der Waals surface area contributed by atoms with Crippen LogP contribution in [-0.2, 0) is 4.79 Å². The first kappa shape index (κ1) is 17.1. The van der Waals surface area contributed by atoms with E-state index in [-0.39, 0.29) is 5.91 Å². The van der Waals surface area contributed by atoms with E-state index in [0.29, 0.717) is 11.3 Å². The number of hydrogen-bond donors (Lipinski definition) is 1. The largest absolute Gasteiger partial charge is 0.324 e. The van der Waals surface area contributed by atoms with E-state index >= 15 is 0 Å². The number of hydrogen-bond acceptors (Lipinski definition) is 4. The minimum absolute atomic E-state index is 0.163. The Morgan fingerprint density at radius 2 is 1.66 bits per heavy atom. The van der Waals surface area contributed by atoms with E-state index in [0.717, 1.165) is 22.0 Å². The van der Waals surface area contributed by atoms with Crippen LogP contribution in [0.3, 0.4) is 0 Å². The highest BCUT2D eigenvalue weighted by Gasteiger charge is 2.25. The maximum Gasteiger partial charge on any atom is 0.252 e. The maximum absolute atomic E-state index is 13.4. The number of nitrogens with one attached hydrogen (secondary N) is 1. The number of aromatic nitrogens is 4. The second-order valence-corrected chi connectivity index (χ2v) is 6.71. The minimum atomic E-state index is -0.597. The van der Waals surface area contributed by atoms with Crippen LogP contribution < -0.4 is 5.32 Å². The van der Waals surface area contributed by atoms with Crippen LogP contribution in [0.15, 0.2) is 91.5 Å². The number of fused-ring (bicyclic) bond motifs is 2. The highest BCUT2D eigenvalue weighted by Crippen LogP contribution is 2.25. The first-order valence-electron chi connectivity index (χ1n) is 9.28. The third kappa shape index (κ3) is 3.21. The van der Waals surface area contributed by atoms with Crippen LogP contribution in [0.1, 0.15) is 11.6 Å². The van der Waals surface area contributed by atoms with E-state index in [4.69, 9.17) is 0 Å². The smallest absolute Gasteiger partial charge is 0.252 e. The van der Waals surface area contributed by atoms with Crippen molar-refractivity contribution in [3.8, 4) is 0 Å². The van der Waals surface area contributed by atoms with E-state index in [1.807, 2.05) is 77.4 Å². The SMILES string of the molecule is O=C(Nc1ccc2ncccc2c1)C(c1ccccc1)n1cnc2cccnc21. The molecule has 1 N–H and O–H groups in total. The third-order valence-electron chi connectivity index (χ3n) is 4.84. The van der Waals surface area contributed by atoms with Crippen molar-refractivity contribution >= 4 is 33.7 Å². The number of carbonyl (C=O) groups excluding carboxylic acids is 1. The van der Waals surface area contributed by atoms with Gasteiger partial charge in [-0.1, -0.05) is 36.4 Å². The van der Waals surface area contributed by atoms with Crippen molar-refractivity contribution < 1.29 is 4.79 Å². The molecule has 5 rings (SSSR count). The Morgan fingerprint density at radius 3 is 2.55 bits per heavy atom. The van der Waals surface area contributed by atoms with Crippen LogP contribution in [0.2, 0.25) is 0 Å². The fourth-order valence-electron chi connectivity index (χ4n) is 3.49. The van der Waals surface area contributed by atoms with Gasteiger partial charge in [-0.25, -0.2) is 9.97 Å². The Morgan fingerprint density at radius 1 is 0.828 bits per heavy atom. The molecule has 0 bridgehead atoms. The summed E-state index contributed by atoms with van der Waals surface area (Å²) in [5.74, 6) is -0.163. The van der Waals surface area contributed by atoms with Gasteiger partial charge < -0.3 is 5.32 Å². The number of carbonyl (C=O) groups is 1. The Bertz CT molecular complexity index is 1310. The molecule has 0 saturated carbocycles. The van der Waals surface area contributed by atoms with Gasteiger partial charge in [0.15, 0.2) is 5.65 Å². The van der Waals surface area contributed by atoms with Crippen molar-refractivity contribution in [1.29, 1.82) is 0 Å². The highest BCUT2D eigenvalue weighted by atomic mass is 16.2. The average molecular weight is 379 g/mol. The first-order chi connectivity index (χ1) is 14.3. The number of nitrogens with zero attached hydrogens (tertiary/aromatic N) is 4. The van der Waals surface area contributed by atoms with Gasteiger partial charge in [-0.15, -0.1) is 0 Å². The monoisotopic (exact) mass is 379 g/mol. The molecule has 0 radical (unpaired) electrons. The summed E-state index contributed by atoms with van der Waals surface area (Å²) >= 11 is 0. The second-order valence-electron chi connectivity index (χ2n) is 6.71. The lowest BCUT2D eigenvalue weighted by molar-refractivity contribution is -0.118. The fourth-order valence-corrected chi connectivity index (χ4v) is 3.49. The summed E-state index contributed by atoms with van der Waals surface area (Å²) in [6.45, 7) is 0. The van der Waals surface area contributed by atoms with Gasteiger partial charge in [0, 0.05) is 23.5 Å². The van der Waals surface area contributed by atoms with Gasteiger partial charge in [0.1, 0.15) is 11.6 Å². The maximum atomic E-state index is 13.4. The molecule has 3 heterocycles. The summed E-state index contributed by atoms with van der Waals surface area (Å²) in [6.07, 6.45) is 5.12. The summed E-state index contributed by atoms with van der Waals surface area (Å²) < 4.78 is 1.81. The molecule has 2 aromatic carbocycles. The molecule has 6 heteroatoms. The molecule has 0 aliphatic carbocycles. The van der Waals surface area contributed by atoms with Gasteiger partial charge >= 0.3 is 0 Å². The Balaban J connectivity index is 1.56. The number of rotatable bonds is 4. The zero-order chi connectivity index (χ0) is 19.6. The molecule has 0 spiro atoms. The highest BCUT2D eigenvalue weighted by molar-refractivity contribution is 5.98. The summed E-state index contributed by atoms with van der Waals surface area (Å²) in [4.78, 5) is 26.6.